The minimum atomic E-state index is -2.06. The molecule has 4 N–H and O–H groups in total. The highest BCUT2D eigenvalue weighted by atomic mass is 16.7. The minimum Gasteiger partial charge on any atom is -0.507 e. The third-order valence-electron chi connectivity index (χ3n) is 14.7. The van der Waals surface area contributed by atoms with E-state index in [1.807, 2.05) is 34.6 Å². The van der Waals surface area contributed by atoms with Crippen LogP contribution in [-0.4, -0.2) is 120 Å². The van der Waals surface area contributed by atoms with Crippen LogP contribution in [0.15, 0.2) is 57.5 Å². The van der Waals surface area contributed by atoms with Crippen LogP contribution in [-0.2, 0) is 28.5 Å². The highest BCUT2D eigenvalue weighted by molar-refractivity contribution is 6.22. The lowest BCUT2D eigenvalue weighted by Gasteiger charge is -2.39. The smallest absolute Gasteiger partial charge is 0.312 e. The summed E-state index contributed by atoms with van der Waals surface area (Å²) in [6.07, 6.45) is 5.53. The number of Topliss-reactive ketones (excluding diaryl/α,β-unsaturated/α-hetero) is 1. The zero-order valence-electron chi connectivity index (χ0n) is 42.8. The molecular formula is C53H70N3O14+. The number of allylic oxidation sites excluding steroid dienone is 2. The van der Waals surface area contributed by atoms with Crippen LogP contribution in [0.3, 0.4) is 0 Å². The van der Waals surface area contributed by atoms with Crippen molar-refractivity contribution in [3.8, 4) is 34.5 Å². The molecule has 0 saturated carbocycles. The number of nitrogens with one attached hydrogen (secondary N) is 1. The number of esters is 1. The van der Waals surface area contributed by atoms with Gasteiger partial charge in [0.1, 0.15) is 59.2 Å². The van der Waals surface area contributed by atoms with Crippen molar-refractivity contribution in [3.63, 3.8) is 0 Å². The molecule has 3 heterocycles. The fourth-order valence-electron chi connectivity index (χ4n) is 9.04. The summed E-state index contributed by atoms with van der Waals surface area (Å²) in [4.78, 5) is 61.0. The molecule has 3 aliphatic heterocycles. The number of aromatic nitrogens is 1. The van der Waals surface area contributed by atoms with Gasteiger partial charge >= 0.3 is 11.8 Å². The molecule has 380 valence electrons. The maximum atomic E-state index is 14.8. The molecule has 0 aromatic heterocycles. The molecule has 6 rings (SSSR count). The number of amides is 1. The van der Waals surface area contributed by atoms with Gasteiger partial charge < -0.3 is 58.0 Å². The Hall–Kier alpha value is -6.01. The topological polar surface area (TPSA) is 222 Å². The van der Waals surface area contributed by atoms with Crippen LogP contribution in [0.1, 0.15) is 85.2 Å². The molecular weight excluding hydrogens is 903 g/mol. The third-order valence-corrected chi connectivity index (χ3v) is 14.7. The summed E-state index contributed by atoms with van der Waals surface area (Å²) in [5.41, 5.74) is -1.54. The van der Waals surface area contributed by atoms with Gasteiger partial charge in [0.2, 0.25) is 5.43 Å². The Morgan fingerprint density at radius 2 is 1.66 bits per heavy atom. The number of phenolic OH excluding ortho intramolecular Hbond substituents is 2. The van der Waals surface area contributed by atoms with Gasteiger partial charge in [-0.2, -0.15) is 0 Å². The highest BCUT2D eigenvalue weighted by Gasteiger charge is 2.50. The number of methoxy groups -OCH3 is 1. The van der Waals surface area contributed by atoms with Crippen molar-refractivity contribution < 1.29 is 67.0 Å². The summed E-state index contributed by atoms with van der Waals surface area (Å²) >= 11 is 0. The molecule has 9 atom stereocenters. The van der Waals surface area contributed by atoms with Crippen LogP contribution in [0.2, 0.25) is 0 Å². The Bertz CT molecular complexity index is 2760. The normalized spacial score (nSPS) is 27.6. The first-order valence-electron chi connectivity index (χ1n) is 23.8. The van der Waals surface area contributed by atoms with Gasteiger partial charge in [-0.05, 0) is 51.5 Å². The van der Waals surface area contributed by atoms with Crippen LogP contribution in [0.5, 0.6) is 23.0 Å². The van der Waals surface area contributed by atoms with Gasteiger partial charge in [0, 0.05) is 61.4 Å². The number of quaternary nitrogens is 1. The first kappa shape index (κ1) is 53.3. The van der Waals surface area contributed by atoms with E-state index in [0.29, 0.717) is 12.6 Å². The van der Waals surface area contributed by atoms with Crippen LogP contribution in [0, 0.1) is 36.5 Å². The number of rotatable bonds is 10. The number of carbonyl (C=O) groups excluding carboxylic acids is 3. The Kier molecular flexibility index (Phi) is 16.1. The third kappa shape index (κ3) is 10.5. The lowest BCUT2D eigenvalue weighted by Crippen LogP contribution is -2.47. The number of anilines is 1. The SMILES string of the molecule is CO[C@H]1/C=C/O[C@@]2(C)Oc3c(C)c(O)c4c(=O)c(c5oc6cc(OCCOCC[N+](C)(C)C(C)C)cc(O)c6nc-5c4c3C2=O)NC(=O)/C(C)=C\C=C\[C@H](C)[C@H](O)[C@@H](C)[C@@H](C)[C@@H](C)[C@H](OC(C)=O)[C@@H]1C. The molecule has 2 aromatic rings. The Balaban J connectivity index is 1.51. The molecule has 0 fully saturated rings. The first-order valence-corrected chi connectivity index (χ1v) is 23.8. The summed E-state index contributed by atoms with van der Waals surface area (Å²) in [5.74, 6) is -6.66. The average Bonchev–Trinajstić information content (AvgIpc) is 3.57. The van der Waals surface area contributed by atoms with Gasteiger partial charge in [-0.25, -0.2) is 4.98 Å². The van der Waals surface area contributed by atoms with Crippen molar-refractivity contribution in [2.24, 2.45) is 29.6 Å². The molecule has 0 radical (unpaired) electrons. The molecule has 1 amide bonds. The number of aliphatic hydroxyl groups excluding tert-OH is 1. The number of ether oxygens (including phenoxy) is 6. The summed E-state index contributed by atoms with van der Waals surface area (Å²) < 4.78 is 43.1. The Morgan fingerprint density at radius 1 is 0.957 bits per heavy atom. The van der Waals surface area contributed by atoms with Crippen molar-refractivity contribution in [1.29, 1.82) is 0 Å². The van der Waals surface area contributed by atoms with E-state index in [9.17, 15) is 34.5 Å². The maximum absolute atomic E-state index is 14.8. The molecule has 2 aromatic carbocycles. The van der Waals surface area contributed by atoms with E-state index in [2.05, 4.69) is 33.3 Å². The van der Waals surface area contributed by atoms with Crippen LogP contribution in [0.4, 0.5) is 5.69 Å². The number of ketones is 1. The number of likely N-dealkylation sites (N-methyl/N-ethyl adjacent to an activating group) is 1. The number of phenols is 2. The quantitative estimate of drug-likeness (QED) is 0.0391. The van der Waals surface area contributed by atoms with Crippen molar-refractivity contribution in [3.05, 3.63) is 69.6 Å². The zero-order valence-corrected chi connectivity index (χ0v) is 42.8. The van der Waals surface area contributed by atoms with E-state index >= 15 is 0 Å². The number of hydrogen-bond acceptors (Lipinski definition) is 15. The number of carbonyl (C=O) groups is 3. The van der Waals surface area contributed by atoms with E-state index < -0.39 is 64.5 Å². The van der Waals surface area contributed by atoms with E-state index in [-0.39, 0.29) is 104 Å². The fraction of sp³-hybridized carbons (Fsp3) is 0.528. The number of fused-ring (bicyclic) bond motifs is 2. The van der Waals surface area contributed by atoms with Gasteiger partial charge in [-0.1, -0.05) is 52.8 Å². The summed E-state index contributed by atoms with van der Waals surface area (Å²) in [7, 11) is 5.75. The lowest BCUT2D eigenvalue weighted by molar-refractivity contribution is -0.911. The fourth-order valence-corrected chi connectivity index (χ4v) is 9.04. The van der Waals surface area contributed by atoms with E-state index in [4.69, 9.17) is 37.8 Å². The van der Waals surface area contributed by atoms with E-state index in [1.54, 1.807) is 18.2 Å². The molecule has 70 heavy (non-hydrogen) atoms. The Morgan fingerprint density at radius 3 is 2.31 bits per heavy atom. The molecule has 4 aliphatic rings. The number of hydrogen-bond donors (Lipinski definition) is 4. The van der Waals surface area contributed by atoms with Crippen molar-refractivity contribution >= 4 is 45.2 Å². The number of aromatic hydroxyl groups is 2. The predicted molar refractivity (Wildman–Crippen MR) is 264 cm³/mol. The number of benzene rings is 3. The molecule has 0 spiro atoms. The number of aliphatic hydroxyl groups is 1. The molecule has 17 nitrogen and oxygen atoms in total. The van der Waals surface area contributed by atoms with Gasteiger partial charge in [-0.3, -0.25) is 19.2 Å². The van der Waals surface area contributed by atoms with Gasteiger partial charge in [0.15, 0.2) is 11.3 Å². The molecule has 1 aliphatic carbocycles. The maximum Gasteiger partial charge on any atom is 0.312 e. The highest BCUT2D eigenvalue weighted by Crippen LogP contribution is 2.51. The van der Waals surface area contributed by atoms with Crippen molar-refractivity contribution in [2.75, 3.05) is 52.9 Å². The van der Waals surface area contributed by atoms with Crippen molar-refractivity contribution in [2.45, 2.75) is 106 Å². The molecule has 4 bridgehead atoms. The second-order valence-electron chi connectivity index (χ2n) is 19.9. The predicted octanol–water partition coefficient (Wildman–Crippen LogP) is 7.81. The lowest BCUT2D eigenvalue weighted by atomic mass is 9.73. The standard InChI is InChI=1S/C53H69N3O14/c1-26(2)56(12,13)19-21-65-22-23-66-35-24-36(58)42-38(25-35)69-50-43(54-42)39-40-46(60)33(9)49-41(39)51(62)53(11,70-49)67-20-18-37(64-14)32(8)48(68-34(10)57)31(7)29(5)30(6)45(59)27(3)16-15-17-28(4)52(63)55-44(50)47(40)61/h15-18,20,24-27,29-32,37,45,48,59H,19,21-23H2,1-14H3,(H2-,54,55,58,60,61,62,63)/p+1/b16-15+,20-18+,28-17-/t27-,29+,30-,31+,32+,37-,45-,48-,53-/m0/s1. The summed E-state index contributed by atoms with van der Waals surface area (Å²) in [5, 5.41) is 37.0. The summed E-state index contributed by atoms with van der Waals surface area (Å²) in [6, 6.07) is 3.23. The first-order chi connectivity index (χ1) is 32.8. The molecule has 0 unspecified atom stereocenters. The van der Waals surface area contributed by atoms with Crippen LogP contribution < -0.4 is 20.2 Å². The zero-order chi connectivity index (χ0) is 51.7. The average molecular weight is 973 g/mol. The van der Waals surface area contributed by atoms with Gasteiger partial charge in [-0.15, -0.1) is 0 Å². The Labute approximate surface area is 409 Å². The minimum absolute atomic E-state index is 0.0305. The molecule has 0 saturated heterocycles. The number of nitrogens with zero attached hydrogens (tertiary/aromatic N) is 2. The second kappa shape index (κ2) is 21.1. The van der Waals surface area contributed by atoms with E-state index in [1.165, 1.54) is 59.3 Å². The second-order valence-corrected chi connectivity index (χ2v) is 19.9. The largest absolute Gasteiger partial charge is 0.507 e. The van der Waals surface area contributed by atoms with Crippen LogP contribution >= 0.6 is 0 Å². The molecule has 17 heteroatoms. The van der Waals surface area contributed by atoms with Gasteiger partial charge in [0.05, 0.1) is 62.8 Å². The van der Waals surface area contributed by atoms with E-state index in [0.717, 1.165) is 11.0 Å². The van der Waals surface area contributed by atoms with Crippen LogP contribution in [0.25, 0.3) is 33.3 Å². The summed E-state index contributed by atoms with van der Waals surface area (Å²) in [6.45, 7) is 21.3. The van der Waals surface area contributed by atoms with Gasteiger partial charge in [0.25, 0.3) is 11.7 Å². The monoisotopic (exact) mass is 972 g/mol. The van der Waals surface area contributed by atoms with Crippen molar-refractivity contribution in [1.82, 2.24) is 4.98 Å².